The molecule has 5 heteroatoms. The first-order chi connectivity index (χ1) is 12.6. The molecule has 0 fully saturated rings. The third-order valence-corrected chi connectivity index (χ3v) is 4.31. The van der Waals surface area contributed by atoms with Crippen molar-refractivity contribution in [2.45, 2.75) is 46.5 Å². The van der Waals surface area contributed by atoms with Crippen LogP contribution in [-0.2, 0) is 12.8 Å². The van der Waals surface area contributed by atoms with Crippen LogP contribution in [0, 0.1) is 0 Å². The molecule has 0 spiro atoms. The minimum absolute atomic E-state index is 0.182. The molecular weight excluding hydrogens is 326 g/mol. The van der Waals surface area contributed by atoms with Gasteiger partial charge in [-0.1, -0.05) is 45.4 Å². The zero-order valence-electron chi connectivity index (χ0n) is 15.8. The number of nitrogens with zero attached hydrogens (tertiary/aromatic N) is 1. The number of benzene rings is 1. The zero-order chi connectivity index (χ0) is 18.9. The highest BCUT2D eigenvalue weighted by Gasteiger charge is 2.15. The largest absolute Gasteiger partial charge is 0.352 e. The van der Waals surface area contributed by atoms with Gasteiger partial charge in [-0.3, -0.25) is 14.6 Å². The maximum absolute atomic E-state index is 12.7. The highest BCUT2D eigenvalue weighted by molar-refractivity contribution is 6.05. The van der Waals surface area contributed by atoms with Crippen LogP contribution < -0.4 is 10.6 Å². The number of rotatable bonds is 8. The standard InChI is InChI=1S/C21H27N3O2/c1-4-7-12-23-20(25)17-11-13-22-18(14-17)21(26)24-19-15(5-2)9-8-10-16(19)6-3/h8-11,13-14H,4-7,12H2,1-3H3,(H,23,25)(H,24,26). The van der Waals surface area contributed by atoms with E-state index in [2.05, 4.69) is 36.4 Å². The van der Waals surface area contributed by atoms with Crippen LogP contribution in [0.4, 0.5) is 5.69 Å². The van der Waals surface area contributed by atoms with Crippen molar-refractivity contribution in [3.63, 3.8) is 0 Å². The van der Waals surface area contributed by atoms with Crippen molar-refractivity contribution in [3.05, 3.63) is 58.9 Å². The fraction of sp³-hybridized carbons (Fsp3) is 0.381. The number of carbonyl (C=O) groups excluding carboxylic acids is 2. The summed E-state index contributed by atoms with van der Waals surface area (Å²) >= 11 is 0. The summed E-state index contributed by atoms with van der Waals surface area (Å²) in [7, 11) is 0. The molecule has 0 unspecified atom stereocenters. The molecule has 1 aromatic carbocycles. The summed E-state index contributed by atoms with van der Waals surface area (Å²) in [6, 6.07) is 9.19. The van der Waals surface area contributed by atoms with Crippen LogP contribution in [0.3, 0.4) is 0 Å². The third kappa shape index (κ3) is 4.91. The molecule has 0 aliphatic carbocycles. The van der Waals surface area contributed by atoms with Crippen molar-refractivity contribution in [3.8, 4) is 0 Å². The van der Waals surface area contributed by atoms with Gasteiger partial charge in [-0.15, -0.1) is 0 Å². The van der Waals surface area contributed by atoms with Crippen LogP contribution >= 0.6 is 0 Å². The van der Waals surface area contributed by atoms with Gasteiger partial charge < -0.3 is 10.6 Å². The first kappa shape index (κ1) is 19.6. The zero-order valence-corrected chi connectivity index (χ0v) is 15.8. The first-order valence-electron chi connectivity index (χ1n) is 9.27. The van der Waals surface area contributed by atoms with Crippen LogP contribution in [0.1, 0.15) is 65.6 Å². The number of pyridine rings is 1. The second-order valence-corrected chi connectivity index (χ2v) is 6.15. The van der Waals surface area contributed by atoms with E-state index in [0.717, 1.165) is 42.5 Å². The van der Waals surface area contributed by atoms with Crippen molar-refractivity contribution >= 4 is 17.5 Å². The Labute approximate surface area is 155 Å². The van der Waals surface area contributed by atoms with Gasteiger partial charge in [0.15, 0.2) is 0 Å². The highest BCUT2D eigenvalue weighted by Crippen LogP contribution is 2.23. The average molecular weight is 353 g/mol. The molecule has 2 amide bonds. The van der Waals surface area contributed by atoms with Crippen molar-refractivity contribution in [1.82, 2.24) is 10.3 Å². The van der Waals surface area contributed by atoms with Gasteiger partial charge in [0.25, 0.3) is 11.8 Å². The molecule has 2 rings (SSSR count). The molecule has 5 nitrogen and oxygen atoms in total. The van der Waals surface area contributed by atoms with Crippen LogP contribution in [0.25, 0.3) is 0 Å². The lowest BCUT2D eigenvalue weighted by Crippen LogP contribution is -2.25. The van der Waals surface area contributed by atoms with Crippen LogP contribution in [-0.4, -0.2) is 23.3 Å². The number of nitrogens with one attached hydrogen (secondary N) is 2. The summed E-state index contributed by atoms with van der Waals surface area (Å²) in [4.78, 5) is 29.0. The smallest absolute Gasteiger partial charge is 0.274 e. The molecule has 26 heavy (non-hydrogen) atoms. The summed E-state index contributed by atoms with van der Waals surface area (Å²) in [6.07, 6.45) is 5.10. The molecule has 0 bridgehead atoms. The van der Waals surface area contributed by atoms with E-state index in [1.807, 2.05) is 18.2 Å². The SMILES string of the molecule is CCCCNC(=O)c1ccnc(C(=O)Nc2c(CC)cccc2CC)c1. The molecule has 0 saturated heterocycles. The van der Waals surface area contributed by atoms with E-state index in [-0.39, 0.29) is 17.5 Å². The molecule has 138 valence electrons. The van der Waals surface area contributed by atoms with Gasteiger partial charge in [-0.2, -0.15) is 0 Å². The van der Waals surface area contributed by atoms with Gasteiger partial charge in [0.2, 0.25) is 0 Å². The fourth-order valence-electron chi connectivity index (χ4n) is 2.76. The van der Waals surface area contributed by atoms with Gasteiger partial charge in [0.05, 0.1) is 0 Å². The summed E-state index contributed by atoms with van der Waals surface area (Å²) in [6.45, 7) is 6.82. The fourth-order valence-corrected chi connectivity index (χ4v) is 2.76. The molecule has 2 aromatic rings. The van der Waals surface area contributed by atoms with E-state index < -0.39 is 0 Å². The highest BCUT2D eigenvalue weighted by atomic mass is 16.2. The third-order valence-electron chi connectivity index (χ3n) is 4.31. The molecule has 1 aromatic heterocycles. The van der Waals surface area contributed by atoms with Crippen molar-refractivity contribution in [2.75, 3.05) is 11.9 Å². The van der Waals surface area contributed by atoms with Gasteiger partial charge >= 0.3 is 0 Å². The normalized spacial score (nSPS) is 10.4. The molecule has 0 atom stereocenters. The number of para-hydroxylation sites is 1. The van der Waals surface area contributed by atoms with E-state index in [9.17, 15) is 9.59 Å². The Morgan fingerprint density at radius 2 is 1.69 bits per heavy atom. The molecule has 1 heterocycles. The van der Waals surface area contributed by atoms with Crippen molar-refractivity contribution < 1.29 is 9.59 Å². The molecule has 0 aliphatic rings. The Morgan fingerprint density at radius 1 is 1.00 bits per heavy atom. The maximum Gasteiger partial charge on any atom is 0.274 e. The number of amides is 2. The number of aryl methyl sites for hydroxylation is 2. The summed E-state index contributed by atoms with van der Waals surface area (Å²) in [5, 5.41) is 5.84. The maximum atomic E-state index is 12.7. The monoisotopic (exact) mass is 353 g/mol. The Hall–Kier alpha value is -2.69. The number of anilines is 1. The van der Waals surface area contributed by atoms with E-state index in [0.29, 0.717) is 12.1 Å². The number of unbranched alkanes of at least 4 members (excludes halogenated alkanes) is 1. The lowest BCUT2D eigenvalue weighted by Gasteiger charge is -2.14. The van der Waals surface area contributed by atoms with E-state index >= 15 is 0 Å². The molecular formula is C21H27N3O2. The van der Waals surface area contributed by atoms with Crippen LogP contribution in [0.5, 0.6) is 0 Å². The first-order valence-corrected chi connectivity index (χ1v) is 9.27. The van der Waals surface area contributed by atoms with Gasteiger partial charge in [0.1, 0.15) is 5.69 Å². The Morgan fingerprint density at radius 3 is 2.31 bits per heavy atom. The Kier molecular flexibility index (Phi) is 7.33. The Balaban J connectivity index is 2.18. The molecule has 2 N–H and O–H groups in total. The second kappa shape index (κ2) is 9.70. The van der Waals surface area contributed by atoms with E-state index in [4.69, 9.17) is 0 Å². The predicted octanol–water partition coefficient (Wildman–Crippen LogP) is 3.99. The number of hydrogen-bond acceptors (Lipinski definition) is 3. The summed E-state index contributed by atoms with van der Waals surface area (Å²) in [5.74, 6) is -0.484. The van der Waals surface area contributed by atoms with Crippen LogP contribution in [0.15, 0.2) is 36.5 Å². The van der Waals surface area contributed by atoms with Crippen molar-refractivity contribution in [1.29, 1.82) is 0 Å². The van der Waals surface area contributed by atoms with Gasteiger partial charge in [0, 0.05) is 24.0 Å². The lowest BCUT2D eigenvalue weighted by atomic mass is 10.0. The van der Waals surface area contributed by atoms with Gasteiger partial charge in [-0.25, -0.2) is 0 Å². The van der Waals surface area contributed by atoms with Crippen LogP contribution in [0.2, 0.25) is 0 Å². The van der Waals surface area contributed by atoms with E-state index in [1.165, 1.54) is 12.3 Å². The minimum atomic E-state index is -0.302. The number of hydrogen-bond donors (Lipinski definition) is 2. The summed E-state index contributed by atoms with van der Waals surface area (Å²) in [5.41, 5.74) is 3.71. The number of carbonyl (C=O) groups is 2. The second-order valence-electron chi connectivity index (χ2n) is 6.15. The Bertz CT molecular complexity index is 749. The van der Waals surface area contributed by atoms with E-state index in [1.54, 1.807) is 6.07 Å². The summed E-state index contributed by atoms with van der Waals surface area (Å²) < 4.78 is 0. The average Bonchev–Trinajstić information content (AvgIpc) is 2.68. The molecule has 0 aliphatic heterocycles. The quantitative estimate of drug-likeness (QED) is 0.705. The number of aromatic nitrogens is 1. The minimum Gasteiger partial charge on any atom is -0.352 e. The molecule has 0 saturated carbocycles. The lowest BCUT2D eigenvalue weighted by molar-refractivity contribution is 0.0953. The predicted molar refractivity (Wildman–Crippen MR) is 105 cm³/mol. The molecule has 0 radical (unpaired) electrons. The topological polar surface area (TPSA) is 71.1 Å². The van der Waals surface area contributed by atoms with Crippen molar-refractivity contribution in [2.24, 2.45) is 0 Å². The van der Waals surface area contributed by atoms with Gasteiger partial charge in [-0.05, 0) is 42.5 Å².